The van der Waals surface area contributed by atoms with Crippen LogP contribution in [0.4, 0.5) is 0 Å². The number of benzene rings is 1. The maximum Gasteiger partial charge on any atom is 0.275 e. The number of aromatic nitrogens is 2. The molecule has 2 amide bonds. The molecule has 0 spiro atoms. The highest BCUT2D eigenvalue weighted by Gasteiger charge is 2.31. The van der Waals surface area contributed by atoms with Crippen LogP contribution >= 0.6 is 11.5 Å². The Bertz CT molecular complexity index is 745. The second-order valence-electron chi connectivity index (χ2n) is 6.57. The first-order chi connectivity index (χ1) is 12.1. The smallest absolute Gasteiger partial charge is 0.275 e. The van der Waals surface area contributed by atoms with Crippen LogP contribution in [-0.4, -0.2) is 45.4 Å². The van der Waals surface area contributed by atoms with E-state index in [0.29, 0.717) is 18.8 Å². The van der Waals surface area contributed by atoms with Crippen molar-refractivity contribution >= 4 is 23.3 Å². The molecule has 1 saturated heterocycles. The van der Waals surface area contributed by atoms with Gasteiger partial charge >= 0.3 is 0 Å². The Morgan fingerprint density at radius 3 is 2.76 bits per heavy atom. The molecule has 2 aromatic rings. The van der Waals surface area contributed by atoms with Crippen molar-refractivity contribution in [1.82, 2.24) is 19.8 Å². The molecule has 1 unspecified atom stereocenters. The van der Waals surface area contributed by atoms with Gasteiger partial charge in [0.1, 0.15) is 0 Å². The topological polar surface area (TPSA) is 75.2 Å². The van der Waals surface area contributed by atoms with Crippen LogP contribution in [0.25, 0.3) is 10.4 Å². The van der Waals surface area contributed by atoms with Crippen LogP contribution < -0.4 is 5.32 Å². The molecule has 0 radical (unpaired) electrons. The predicted octanol–water partition coefficient (Wildman–Crippen LogP) is 2.58. The number of amides is 2. The Morgan fingerprint density at radius 2 is 2.04 bits per heavy atom. The molecule has 1 aliphatic rings. The highest BCUT2D eigenvalue weighted by Crippen LogP contribution is 2.28. The Balaban J connectivity index is 1.76. The van der Waals surface area contributed by atoms with E-state index in [-0.39, 0.29) is 23.8 Å². The number of rotatable bonds is 4. The van der Waals surface area contributed by atoms with Crippen molar-refractivity contribution in [2.24, 2.45) is 5.92 Å². The van der Waals surface area contributed by atoms with Gasteiger partial charge in [-0.25, -0.2) is 0 Å². The molecule has 0 saturated carbocycles. The second-order valence-corrected chi connectivity index (χ2v) is 7.32. The summed E-state index contributed by atoms with van der Waals surface area (Å²) in [5.74, 6) is -0.284. The molecule has 132 valence electrons. The van der Waals surface area contributed by atoms with Crippen LogP contribution in [0.5, 0.6) is 0 Å². The molecule has 1 aliphatic heterocycles. The Hall–Kier alpha value is -2.28. The maximum atomic E-state index is 12.9. The van der Waals surface area contributed by atoms with Gasteiger partial charge in [0.2, 0.25) is 5.91 Å². The van der Waals surface area contributed by atoms with Gasteiger partial charge in [-0.15, -0.1) is 5.10 Å². The summed E-state index contributed by atoms with van der Waals surface area (Å²) in [6.07, 6.45) is 1.63. The fourth-order valence-electron chi connectivity index (χ4n) is 3.04. The van der Waals surface area contributed by atoms with E-state index in [1.54, 1.807) is 4.90 Å². The average molecular weight is 358 g/mol. The first-order valence-electron chi connectivity index (χ1n) is 8.53. The summed E-state index contributed by atoms with van der Waals surface area (Å²) < 4.78 is 3.97. The van der Waals surface area contributed by atoms with E-state index in [9.17, 15) is 9.59 Å². The maximum absolute atomic E-state index is 12.9. The number of carbonyl (C=O) groups is 2. The minimum Gasteiger partial charge on any atom is -0.354 e. The Kier molecular flexibility index (Phi) is 5.43. The largest absolute Gasteiger partial charge is 0.354 e. The molecule has 7 heteroatoms. The third kappa shape index (κ3) is 4.04. The molecule has 2 heterocycles. The van der Waals surface area contributed by atoms with Crippen molar-refractivity contribution in [3.8, 4) is 10.4 Å². The highest BCUT2D eigenvalue weighted by atomic mass is 32.1. The number of likely N-dealkylation sites (tertiary alicyclic amines) is 1. The summed E-state index contributed by atoms with van der Waals surface area (Å²) in [6.45, 7) is 4.96. The van der Waals surface area contributed by atoms with Crippen molar-refractivity contribution in [2.75, 3.05) is 13.1 Å². The summed E-state index contributed by atoms with van der Waals surface area (Å²) >= 11 is 1.22. The number of hydrogen-bond acceptors (Lipinski definition) is 5. The lowest BCUT2D eigenvalue weighted by Gasteiger charge is -2.32. The second kappa shape index (κ2) is 7.74. The third-order valence-corrected chi connectivity index (χ3v) is 5.01. The number of nitrogens with one attached hydrogen (secondary N) is 1. The van der Waals surface area contributed by atoms with Gasteiger partial charge in [-0.3, -0.25) is 9.59 Å². The van der Waals surface area contributed by atoms with E-state index in [1.165, 1.54) is 11.5 Å². The molecule has 6 nitrogen and oxygen atoms in total. The van der Waals surface area contributed by atoms with Crippen molar-refractivity contribution < 1.29 is 9.59 Å². The molecular weight excluding hydrogens is 336 g/mol. The van der Waals surface area contributed by atoms with Gasteiger partial charge in [0.25, 0.3) is 5.91 Å². The zero-order valence-electron chi connectivity index (χ0n) is 14.4. The molecule has 1 fully saturated rings. The molecule has 1 atom stereocenters. The molecule has 3 rings (SSSR count). The summed E-state index contributed by atoms with van der Waals surface area (Å²) in [7, 11) is 0. The molecule has 1 aromatic carbocycles. The van der Waals surface area contributed by atoms with Gasteiger partial charge < -0.3 is 10.2 Å². The van der Waals surface area contributed by atoms with E-state index in [2.05, 4.69) is 14.9 Å². The first kappa shape index (κ1) is 17.5. The van der Waals surface area contributed by atoms with Crippen molar-refractivity contribution in [3.63, 3.8) is 0 Å². The quantitative estimate of drug-likeness (QED) is 0.911. The summed E-state index contributed by atoms with van der Waals surface area (Å²) in [5, 5.41) is 7.00. The van der Waals surface area contributed by atoms with Crippen LogP contribution in [0.3, 0.4) is 0 Å². The van der Waals surface area contributed by atoms with E-state index in [4.69, 9.17) is 0 Å². The summed E-state index contributed by atoms with van der Waals surface area (Å²) in [5.41, 5.74) is 1.31. The van der Waals surface area contributed by atoms with E-state index >= 15 is 0 Å². The van der Waals surface area contributed by atoms with E-state index in [1.807, 2.05) is 44.2 Å². The van der Waals surface area contributed by atoms with Crippen LogP contribution in [-0.2, 0) is 4.79 Å². The SMILES string of the molecule is CC(C)NC(=O)C1CCCN(C(=O)c2nnsc2-c2ccccc2)C1. The minimum atomic E-state index is -0.160. The third-order valence-electron chi connectivity index (χ3n) is 4.24. The minimum absolute atomic E-state index is 0.0205. The van der Waals surface area contributed by atoms with Crippen molar-refractivity contribution in [1.29, 1.82) is 0 Å². The number of carbonyl (C=O) groups excluding carboxylic acids is 2. The van der Waals surface area contributed by atoms with Gasteiger partial charge in [-0.2, -0.15) is 0 Å². The Morgan fingerprint density at radius 1 is 1.28 bits per heavy atom. The van der Waals surface area contributed by atoms with Crippen LogP contribution in [0.2, 0.25) is 0 Å². The summed E-state index contributed by atoms with van der Waals surface area (Å²) in [4.78, 5) is 27.7. The number of hydrogen-bond donors (Lipinski definition) is 1. The van der Waals surface area contributed by atoms with Gasteiger partial charge in [0, 0.05) is 19.1 Å². The normalized spacial score (nSPS) is 17.6. The van der Waals surface area contributed by atoms with Crippen LogP contribution in [0, 0.1) is 5.92 Å². The molecule has 0 aliphatic carbocycles. The first-order valence-corrected chi connectivity index (χ1v) is 9.31. The fourth-order valence-corrected chi connectivity index (χ4v) is 3.70. The number of nitrogens with zero attached hydrogens (tertiary/aromatic N) is 3. The van der Waals surface area contributed by atoms with E-state index < -0.39 is 0 Å². The van der Waals surface area contributed by atoms with Crippen molar-refractivity contribution in [3.05, 3.63) is 36.0 Å². The van der Waals surface area contributed by atoms with Gasteiger partial charge in [0.05, 0.1) is 10.8 Å². The molecule has 0 bridgehead atoms. The van der Waals surface area contributed by atoms with Gasteiger partial charge in [-0.05, 0) is 43.8 Å². The lowest BCUT2D eigenvalue weighted by Crippen LogP contribution is -2.46. The van der Waals surface area contributed by atoms with E-state index in [0.717, 1.165) is 23.3 Å². The molecule has 1 N–H and O–H groups in total. The standard InChI is InChI=1S/C18H22N4O2S/c1-12(2)19-17(23)14-9-6-10-22(11-14)18(24)15-16(25-21-20-15)13-7-4-3-5-8-13/h3-5,7-8,12,14H,6,9-11H2,1-2H3,(H,19,23). The number of piperidine rings is 1. The molecule has 25 heavy (non-hydrogen) atoms. The van der Waals surface area contributed by atoms with Crippen molar-refractivity contribution in [2.45, 2.75) is 32.7 Å². The lowest BCUT2D eigenvalue weighted by molar-refractivity contribution is -0.126. The molecular formula is C18H22N4O2S. The van der Waals surface area contributed by atoms with Gasteiger partial charge in [0.15, 0.2) is 5.69 Å². The monoisotopic (exact) mass is 358 g/mol. The Labute approximate surface area is 151 Å². The lowest BCUT2D eigenvalue weighted by atomic mass is 9.96. The average Bonchev–Trinajstić information content (AvgIpc) is 3.11. The summed E-state index contributed by atoms with van der Waals surface area (Å²) in [6, 6.07) is 9.78. The van der Waals surface area contributed by atoms with Crippen LogP contribution in [0.15, 0.2) is 30.3 Å². The highest BCUT2D eigenvalue weighted by molar-refractivity contribution is 7.09. The molecule has 1 aromatic heterocycles. The fraction of sp³-hybridized carbons (Fsp3) is 0.444. The van der Waals surface area contributed by atoms with Gasteiger partial charge in [-0.1, -0.05) is 34.8 Å². The van der Waals surface area contributed by atoms with Crippen LogP contribution in [0.1, 0.15) is 37.2 Å². The zero-order valence-corrected chi connectivity index (χ0v) is 15.3. The predicted molar refractivity (Wildman–Crippen MR) is 97.3 cm³/mol. The zero-order chi connectivity index (χ0) is 17.8.